The average Bonchev–Trinajstić information content (AvgIpc) is 2.30. The first kappa shape index (κ1) is 17.5. The van der Waals surface area contributed by atoms with Gasteiger partial charge in [0.15, 0.2) is 0 Å². The molecule has 0 aliphatic heterocycles. The van der Waals surface area contributed by atoms with Gasteiger partial charge in [-0.2, -0.15) is 0 Å². The van der Waals surface area contributed by atoms with E-state index in [2.05, 4.69) is 26.2 Å². The molecule has 1 aromatic rings. The van der Waals surface area contributed by atoms with Gasteiger partial charge in [-0.3, -0.25) is 10.1 Å². The predicted octanol–water partition coefficient (Wildman–Crippen LogP) is 3.56. The standard InChI is InChI=1S/C14H21BrN2O2S/c1-9(2)17-14(4,13(18)19)7-10(3)20-12-6-5-11(15)8-16-12/h5-6,8-10,17H,7H2,1-4H3,(H,18,19). The van der Waals surface area contributed by atoms with Gasteiger partial charge >= 0.3 is 5.97 Å². The number of nitrogens with zero attached hydrogens (tertiary/aromatic N) is 1. The van der Waals surface area contributed by atoms with E-state index in [1.807, 2.05) is 32.9 Å². The summed E-state index contributed by atoms with van der Waals surface area (Å²) in [5, 5.41) is 13.6. The fraction of sp³-hybridized carbons (Fsp3) is 0.571. The van der Waals surface area contributed by atoms with Gasteiger partial charge < -0.3 is 5.11 Å². The lowest BCUT2D eigenvalue weighted by molar-refractivity contribution is -0.144. The molecule has 0 aromatic carbocycles. The molecule has 6 heteroatoms. The van der Waals surface area contributed by atoms with Gasteiger partial charge in [-0.15, -0.1) is 11.8 Å². The zero-order valence-electron chi connectivity index (χ0n) is 12.2. The summed E-state index contributed by atoms with van der Waals surface area (Å²) < 4.78 is 0.936. The first-order valence-electron chi connectivity index (χ1n) is 6.52. The highest BCUT2D eigenvalue weighted by Gasteiger charge is 2.35. The third-order valence-corrected chi connectivity index (χ3v) is 4.32. The summed E-state index contributed by atoms with van der Waals surface area (Å²) in [5.74, 6) is -0.817. The summed E-state index contributed by atoms with van der Waals surface area (Å²) >= 11 is 4.94. The van der Waals surface area contributed by atoms with Crippen LogP contribution in [-0.4, -0.2) is 32.9 Å². The number of aliphatic carboxylic acids is 1. The van der Waals surface area contributed by atoms with Crippen molar-refractivity contribution in [1.82, 2.24) is 10.3 Å². The molecule has 0 radical (unpaired) electrons. The molecule has 0 spiro atoms. The molecule has 2 unspecified atom stereocenters. The second-order valence-corrected chi connectivity index (χ2v) is 7.76. The third-order valence-electron chi connectivity index (χ3n) is 2.80. The second kappa shape index (κ2) is 7.43. The van der Waals surface area contributed by atoms with Crippen molar-refractivity contribution in [2.45, 2.75) is 56.0 Å². The number of hydrogen-bond acceptors (Lipinski definition) is 4. The minimum absolute atomic E-state index is 0.124. The maximum absolute atomic E-state index is 11.5. The maximum atomic E-state index is 11.5. The van der Waals surface area contributed by atoms with E-state index in [1.54, 1.807) is 24.9 Å². The third kappa shape index (κ3) is 5.42. The van der Waals surface area contributed by atoms with Crippen LogP contribution in [0.2, 0.25) is 0 Å². The molecule has 0 bridgehead atoms. The number of rotatable bonds is 7. The van der Waals surface area contributed by atoms with E-state index < -0.39 is 11.5 Å². The number of halogens is 1. The number of carbonyl (C=O) groups is 1. The van der Waals surface area contributed by atoms with Crippen molar-refractivity contribution in [2.24, 2.45) is 0 Å². The summed E-state index contributed by atoms with van der Waals surface area (Å²) in [7, 11) is 0. The van der Waals surface area contributed by atoms with Gasteiger partial charge in [-0.25, -0.2) is 4.98 Å². The topological polar surface area (TPSA) is 62.2 Å². The van der Waals surface area contributed by atoms with Crippen molar-refractivity contribution in [1.29, 1.82) is 0 Å². The van der Waals surface area contributed by atoms with Crippen LogP contribution >= 0.6 is 27.7 Å². The number of aromatic nitrogens is 1. The first-order chi connectivity index (χ1) is 9.23. The molecule has 112 valence electrons. The van der Waals surface area contributed by atoms with Gasteiger partial charge in [0.2, 0.25) is 0 Å². The molecule has 2 atom stereocenters. The minimum atomic E-state index is -0.921. The molecule has 20 heavy (non-hydrogen) atoms. The Kier molecular flexibility index (Phi) is 6.48. The van der Waals surface area contributed by atoms with Crippen LogP contribution in [0.3, 0.4) is 0 Å². The molecule has 0 saturated carbocycles. The number of carboxylic acid groups (broad SMARTS) is 1. The molecule has 1 heterocycles. The smallest absolute Gasteiger partial charge is 0.323 e. The van der Waals surface area contributed by atoms with Gasteiger partial charge in [-0.05, 0) is 55.3 Å². The van der Waals surface area contributed by atoms with E-state index >= 15 is 0 Å². The predicted molar refractivity (Wildman–Crippen MR) is 86.2 cm³/mol. The number of carboxylic acids is 1. The van der Waals surface area contributed by atoms with Crippen molar-refractivity contribution >= 4 is 33.7 Å². The molecular weight excluding hydrogens is 340 g/mol. The van der Waals surface area contributed by atoms with Crippen molar-refractivity contribution in [3.8, 4) is 0 Å². The number of nitrogens with one attached hydrogen (secondary N) is 1. The Hall–Kier alpha value is -0.590. The summed E-state index contributed by atoms with van der Waals surface area (Å²) in [5.41, 5.74) is -0.921. The van der Waals surface area contributed by atoms with Crippen molar-refractivity contribution in [3.63, 3.8) is 0 Å². The SMILES string of the molecule is CC(C)NC(C)(CC(C)Sc1ccc(Br)cn1)C(=O)O. The molecule has 1 aromatic heterocycles. The highest BCUT2D eigenvalue weighted by atomic mass is 79.9. The van der Waals surface area contributed by atoms with E-state index in [9.17, 15) is 9.90 Å². The Bertz CT molecular complexity index is 453. The Balaban J connectivity index is 2.69. The lowest BCUT2D eigenvalue weighted by Crippen LogP contribution is -2.53. The lowest BCUT2D eigenvalue weighted by Gasteiger charge is -2.31. The number of pyridine rings is 1. The first-order valence-corrected chi connectivity index (χ1v) is 8.19. The maximum Gasteiger partial charge on any atom is 0.323 e. The van der Waals surface area contributed by atoms with E-state index in [1.165, 1.54) is 0 Å². The molecule has 2 N–H and O–H groups in total. The second-order valence-electron chi connectivity index (χ2n) is 5.38. The Morgan fingerprint density at radius 3 is 2.60 bits per heavy atom. The van der Waals surface area contributed by atoms with E-state index in [0.29, 0.717) is 6.42 Å². The van der Waals surface area contributed by atoms with E-state index in [0.717, 1.165) is 9.50 Å². The number of hydrogen-bond donors (Lipinski definition) is 2. The lowest BCUT2D eigenvalue weighted by atomic mass is 9.95. The summed E-state index contributed by atoms with van der Waals surface area (Å²) in [6.07, 6.45) is 2.28. The molecule has 0 saturated heterocycles. The van der Waals surface area contributed by atoms with Gasteiger partial charge in [0.1, 0.15) is 5.54 Å². The normalized spacial score (nSPS) is 15.9. The fourth-order valence-electron chi connectivity index (χ4n) is 2.10. The molecule has 0 fully saturated rings. The average molecular weight is 361 g/mol. The largest absolute Gasteiger partial charge is 0.480 e. The molecule has 0 aliphatic rings. The Morgan fingerprint density at radius 2 is 2.15 bits per heavy atom. The zero-order chi connectivity index (χ0) is 15.3. The Morgan fingerprint density at radius 1 is 1.50 bits per heavy atom. The molecule has 1 rings (SSSR count). The van der Waals surface area contributed by atoms with Crippen molar-refractivity contribution in [3.05, 3.63) is 22.8 Å². The summed E-state index contributed by atoms with van der Waals surface area (Å²) in [6, 6.07) is 3.99. The molecular formula is C14H21BrN2O2S. The van der Waals surface area contributed by atoms with Crippen LogP contribution < -0.4 is 5.32 Å². The van der Waals surface area contributed by atoms with Crippen LogP contribution in [0.15, 0.2) is 27.8 Å². The van der Waals surface area contributed by atoms with Gasteiger partial charge in [0.25, 0.3) is 0 Å². The highest BCUT2D eigenvalue weighted by molar-refractivity contribution is 9.10. The van der Waals surface area contributed by atoms with Gasteiger partial charge in [0, 0.05) is 22.0 Å². The minimum Gasteiger partial charge on any atom is -0.480 e. The fourth-order valence-corrected chi connectivity index (χ4v) is 3.42. The quantitative estimate of drug-likeness (QED) is 0.728. The molecule has 0 amide bonds. The van der Waals surface area contributed by atoms with E-state index in [-0.39, 0.29) is 11.3 Å². The van der Waals surface area contributed by atoms with Crippen LogP contribution in [0, 0.1) is 0 Å². The van der Waals surface area contributed by atoms with Gasteiger partial charge in [0.05, 0.1) is 5.03 Å². The van der Waals surface area contributed by atoms with Gasteiger partial charge in [-0.1, -0.05) is 6.92 Å². The monoisotopic (exact) mass is 360 g/mol. The summed E-state index contributed by atoms with van der Waals surface area (Å²) in [4.78, 5) is 15.8. The van der Waals surface area contributed by atoms with Crippen LogP contribution in [0.4, 0.5) is 0 Å². The summed E-state index contributed by atoms with van der Waals surface area (Å²) in [6.45, 7) is 7.67. The molecule has 4 nitrogen and oxygen atoms in total. The Labute approximate surface area is 132 Å². The van der Waals surface area contributed by atoms with Crippen LogP contribution in [-0.2, 0) is 4.79 Å². The van der Waals surface area contributed by atoms with Crippen molar-refractivity contribution < 1.29 is 9.90 Å². The van der Waals surface area contributed by atoms with Crippen LogP contribution in [0.5, 0.6) is 0 Å². The highest BCUT2D eigenvalue weighted by Crippen LogP contribution is 2.28. The van der Waals surface area contributed by atoms with Crippen molar-refractivity contribution in [2.75, 3.05) is 0 Å². The van der Waals surface area contributed by atoms with Crippen LogP contribution in [0.1, 0.15) is 34.1 Å². The number of thioether (sulfide) groups is 1. The van der Waals surface area contributed by atoms with Crippen LogP contribution in [0.25, 0.3) is 0 Å². The zero-order valence-corrected chi connectivity index (χ0v) is 14.6. The van der Waals surface area contributed by atoms with E-state index in [4.69, 9.17) is 0 Å². The molecule has 0 aliphatic carbocycles.